The van der Waals surface area contributed by atoms with Crippen LogP contribution >= 0.6 is 0 Å². The van der Waals surface area contributed by atoms with Crippen LogP contribution in [0.25, 0.3) is 0 Å². The molecule has 108 valence electrons. The molecule has 0 saturated heterocycles. The third-order valence-electron chi connectivity index (χ3n) is 3.36. The van der Waals surface area contributed by atoms with Gasteiger partial charge in [0.25, 0.3) is 0 Å². The monoisotopic (exact) mass is 277 g/mol. The molecule has 0 aliphatic carbocycles. The summed E-state index contributed by atoms with van der Waals surface area (Å²) >= 11 is 0. The maximum Gasteiger partial charge on any atom is 0.220 e. The van der Waals surface area contributed by atoms with Gasteiger partial charge in [0.2, 0.25) is 5.91 Å². The lowest BCUT2D eigenvalue weighted by Gasteiger charge is -2.13. The van der Waals surface area contributed by atoms with E-state index < -0.39 is 6.04 Å². The number of aryl methyl sites for hydroxylation is 2. The van der Waals surface area contributed by atoms with E-state index in [4.69, 9.17) is 4.42 Å². The van der Waals surface area contributed by atoms with Crippen molar-refractivity contribution in [3.8, 4) is 0 Å². The Morgan fingerprint density at radius 2 is 2.40 bits per heavy atom. The molecule has 20 heavy (non-hydrogen) atoms. The van der Waals surface area contributed by atoms with Crippen molar-refractivity contribution in [3.63, 3.8) is 0 Å². The van der Waals surface area contributed by atoms with Gasteiger partial charge < -0.3 is 14.8 Å². The first-order chi connectivity index (χ1) is 9.61. The zero-order valence-electron chi connectivity index (χ0n) is 11.7. The summed E-state index contributed by atoms with van der Waals surface area (Å²) in [5, 5.41) is 16.2. The fourth-order valence-electron chi connectivity index (χ4n) is 2.00. The number of carbonyl (C=O) groups is 1. The topological polar surface area (TPSA) is 80.3 Å². The van der Waals surface area contributed by atoms with E-state index in [-0.39, 0.29) is 12.5 Å². The van der Waals surface area contributed by atoms with Crippen molar-refractivity contribution in [2.24, 2.45) is 7.05 Å². The Hall–Kier alpha value is -2.08. The molecule has 2 N–H and O–H groups in total. The van der Waals surface area contributed by atoms with Crippen molar-refractivity contribution in [3.05, 3.63) is 41.6 Å². The van der Waals surface area contributed by atoms with Crippen molar-refractivity contribution >= 4 is 5.91 Å². The standard InChI is InChI=1S/C14H19N3O3/c1-10-11(8-15-17(10)2)5-6-14(19)16-12(9-18)13-4-3-7-20-13/h3-4,7-8,12,18H,5-6,9H2,1-2H3,(H,16,19). The van der Waals surface area contributed by atoms with Crippen LogP contribution in [0.1, 0.15) is 29.5 Å². The number of furan rings is 1. The minimum atomic E-state index is -0.493. The number of nitrogens with zero attached hydrogens (tertiary/aromatic N) is 2. The van der Waals surface area contributed by atoms with E-state index in [0.29, 0.717) is 18.6 Å². The number of nitrogens with one attached hydrogen (secondary N) is 1. The molecule has 6 heteroatoms. The number of aromatic nitrogens is 2. The second-order valence-electron chi connectivity index (χ2n) is 4.70. The van der Waals surface area contributed by atoms with Crippen molar-refractivity contribution in [2.45, 2.75) is 25.8 Å². The van der Waals surface area contributed by atoms with Gasteiger partial charge in [-0.25, -0.2) is 0 Å². The molecule has 1 unspecified atom stereocenters. The highest BCUT2D eigenvalue weighted by molar-refractivity contribution is 5.76. The maximum absolute atomic E-state index is 11.9. The molecule has 0 radical (unpaired) electrons. The third kappa shape index (κ3) is 3.27. The summed E-state index contributed by atoms with van der Waals surface area (Å²) in [6.07, 6.45) is 4.27. The van der Waals surface area contributed by atoms with Crippen molar-refractivity contribution in [1.82, 2.24) is 15.1 Å². The van der Waals surface area contributed by atoms with Gasteiger partial charge in [0.05, 0.1) is 19.1 Å². The molecule has 0 fully saturated rings. The summed E-state index contributed by atoms with van der Waals surface area (Å²) in [4.78, 5) is 11.9. The number of aliphatic hydroxyl groups excluding tert-OH is 1. The Balaban J connectivity index is 1.87. The molecule has 0 bridgehead atoms. The van der Waals surface area contributed by atoms with Crippen molar-refractivity contribution in [2.75, 3.05) is 6.61 Å². The second kappa shape index (κ2) is 6.38. The molecule has 2 aromatic rings. The number of hydrogen-bond donors (Lipinski definition) is 2. The molecule has 2 rings (SSSR count). The van der Waals surface area contributed by atoms with Gasteiger partial charge in [-0.1, -0.05) is 0 Å². The van der Waals surface area contributed by atoms with Crippen LogP contribution in [0, 0.1) is 6.92 Å². The number of carbonyl (C=O) groups excluding carboxylic acids is 1. The van der Waals surface area contributed by atoms with Crippen LogP contribution in [0.2, 0.25) is 0 Å². The van der Waals surface area contributed by atoms with Gasteiger partial charge in [-0.05, 0) is 31.0 Å². The van der Waals surface area contributed by atoms with Gasteiger partial charge in [-0.3, -0.25) is 9.48 Å². The highest BCUT2D eigenvalue weighted by atomic mass is 16.3. The average Bonchev–Trinajstić information content (AvgIpc) is 3.06. The van der Waals surface area contributed by atoms with Crippen LogP contribution in [0.4, 0.5) is 0 Å². The van der Waals surface area contributed by atoms with E-state index in [1.807, 2.05) is 14.0 Å². The van der Waals surface area contributed by atoms with E-state index >= 15 is 0 Å². The van der Waals surface area contributed by atoms with Crippen molar-refractivity contribution in [1.29, 1.82) is 0 Å². The lowest BCUT2D eigenvalue weighted by atomic mass is 10.1. The lowest BCUT2D eigenvalue weighted by molar-refractivity contribution is -0.122. The van der Waals surface area contributed by atoms with E-state index in [1.165, 1.54) is 6.26 Å². The summed E-state index contributed by atoms with van der Waals surface area (Å²) in [7, 11) is 1.87. The summed E-state index contributed by atoms with van der Waals surface area (Å²) < 4.78 is 6.97. The fourth-order valence-corrected chi connectivity index (χ4v) is 2.00. The highest BCUT2D eigenvalue weighted by Crippen LogP contribution is 2.13. The summed E-state index contributed by atoms with van der Waals surface area (Å²) in [6, 6.07) is 2.96. The summed E-state index contributed by atoms with van der Waals surface area (Å²) in [6.45, 7) is 1.78. The molecular formula is C14H19N3O3. The average molecular weight is 277 g/mol. The molecule has 2 heterocycles. The Kier molecular flexibility index (Phi) is 4.57. The van der Waals surface area contributed by atoms with Crippen molar-refractivity contribution < 1.29 is 14.3 Å². The Bertz CT molecular complexity index is 560. The quantitative estimate of drug-likeness (QED) is 0.828. The molecule has 0 aliphatic rings. The van der Waals surface area contributed by atoms with Crippen LogP contribution < -0.4 is 5.32 Å². The largest absolute Gasteiger partial charge is 0.467 e. The van der Waals surface area contributed by atoms with Crippen LogP contribution in [0.15, 0.2) is 29.0 Å². The second-order valence-corrected chi connectivity index (χ2v) is 4.70. The predicted octanol–water partition coefficient (Wildman–Crippen LogP) is 1.10. The molecule has 0 aliphatic heterocycles. The molecule has 0 aromatic carbocycles. The summed E-state index contributed by atoms with van der Waals surface area (Å²) in [5.41, 5.74) is 2.11. The van der Waals surface area contributed by atoms with Crippen LogP contribution in [0.3, 0.4) is 0 Å². The smallest absolute Gasteiger partial charge is 0.220 e. The maximum atomic E-state index is 11.9. The number of aliphatic hydroxyl groups is 1. The molecule has 0 spiro atoms. The number of amides is 1. The zero-order valence-corrected chi connectivity index (χ0v) is 11.7. The zero-order chi connectivity index (χ0) is 14.5. The normalized spacial score (nSPS) is 12.3. The van der Waals surface area contributed by atoms with Gasteiger partial charge >= 0.3 is 0 Å². The lowest BCUT2D eigenvalue weighted by Crippen LogP contribution is -2.30. The van der Waals surface area contributed by atoms with Crippen LogP contribution in [0.5, 0.6) is 0 Å². The van der Waals surface area contributed by atoms with Gasteiger partial charge in [-0.15, -0.1) is 0 Å². The van der Waals surface area contributed by atoms with Gasteiger partial charge in [0.1, 0.15) is 11.8 Å². The molecule has 2 aromatic heterocycles. The fraction of sp³-hybridized carbons (Fsp3) is 0.429. The predicted molar refractivity (Wildman–Crippen MR) is 72.9 cm³/mol. The first kappa shape index (κ1) is 14.3. The van der Waals surface area contributed by atoms with Gasteiger partial charge in [0, 0.05) is 19.2 Å². The molecule has 6 nitrogen and oxygen atoms in total. The first-order valence-electron chi connectivity index (χ1n) is 6.53. The van der Waals surface area contributed by atoms with Crippen LogP contribution in [-0.2, 0) is 18.3 Å². The van der Waals surface area contributed by atoms with E-state index in [1.54, 1.807) is 23.0 Å². The Labute approximate surface area is 117 Å². The van der Waals surface area contributed by atoms with Crippen LogP contribution in [-0.4, -0.2) is 27.4 Å². The van der Waals surface area contributed by atoms with E-state index in [0.717, 1.165) is 11.3 Å². The SMILES string of the molecule is Cc1c(CCC(=O)NC(CO)c2ccco2)cnn1C. The summed E-state index contributed by atoms with van der Waals surface area (Å²) in [5.74, 6) is 0.433. The number of hydrogen-bond acceptors (Lipinski definition) is 4. The highest BCUT2D eigenvalue weighted by Gasteiger charge is 2.16. The third-order valence-corrected chi connectivity index (χ3v) is 3.36. The molecule has 1 amide bonds. The van der Waals surface area contributed by atoms with Gasteiger partial charge in [-0.2, -0.15) is 5.10 Å². The first-order valence-corrected chi connectivity index (χ1v) is 6.53. The van der Waals surface area contributed by atoms with Gasteiger partial charge in [0.15, 0.2) is 0 Å². The van der Waals surface area contributed by atoms with E-state index in [9.17, 15) is 9.90 Å². The minimum absolute atomic E-state index is 0.122. The molecule has 1 atom stereocenters. The minimum Gasteiger partial charge on any atom is -0.467 e. The van der Waals surface area contributed by atoms with E-state index in [2.05, 4.69) is 10.4 Å². The Morgan fingerprint density at radius 3 is 2.95 bits per heavy atom. The molecule has 0 saturated carbocycles. The molecular weight excluding hydrogens is 258 g/mol. The Morgan fingerprint density at radius 1 is 1.60 bits per heavy atom. The number of rotatable bonds is 6.